The highest BCUT2D eigenvalue weighted by molar-refractivity contribution is 5.77. The van der Waals surface area contributed by atoms with Gasteiger partial charge in [-0.1, -0.05) is 32.9 Å². The Morgan fingerprint density at radius 3 is 2.39 bits per heavy atom. The lowest BCUT2D eigenvalue weighted by molar-refractivity contribution is -0.118. The van der Waals surface area contributed by atoms with Crippen molar-refractivity contribution in [3.8, 4) is 6.07 Å². The summed E-state index contributed by atoms with van der Waals surface area (Å²) >= 11 is 0. The molecule has 164 valence electrons. The number of nitriles is 1. The zero-order valence-corrected chi connectivity index (χ0v) is 19.0. The molecule has 31 heavy (non-hydrogen) atoms. The predicted molar refractivity (Wildman–Crippen MR) is 123 cm³/mol. The van der Waals surface area contributed by atoms with Crippen LogP contribution in [-0.2, 0) is 11.3 Å². The standard InChI is InChI=1S/C24H32N6O/c1-19(31)16-28-11-13-29(14-12-28)22-7-5-20(6-8-22)17-30(18-24(2,3)4)23-26-10-9-21(15-25)27-23/h5-10H,11-14,16-18H2,1-4H3. The number of Topliss-reactive ketones (excluding diaryl/α,β-unsaturated/α-hetero) is 1. The molecule has 1 aromatic carbocycles. The number of benzene rings is 1. The van der Waals surface area contributed by atoms with Crippen LogP contribution in [-0.4, -0.2) is 59.9 Å². The number of hydrogen-bond acceptors (Lipinski definition) is 7. The molecule has 1 aliphatic rings. The van der Waals surface area contributed by atoms with Crippen LogP contribution < -0.4 is 9.80 Å². The molecule has 2 heterocycles. The van der Waals surface area contributed by atoms with Gasteiger partial charge >= 0.3 is 0 Å². The van der Waals surface area contributed by atoms with Crippen LogP contribution in [0.2, 0.25) is 0 Å². The van der Waals surface area contributed by atoms with Crippen LogP contribution in [0.4, 0.5) is 11.6 Å². The Labute approximate surface area is 185 Å². The van der Waals surface area contributed by atoms with Crippen LogP contribution in [0.1, 0.15) is 39.0 Å². The summed E-state index contributed by atoms with van der Waals surface area (Å²) in [5.41, 5.74) is 2.82. The van der Waals surface area contributed by atoms with Gasteiger partial charge in [0, 0.05) is 51.2 Å². The van der Waals surface area contributed by atoms with E-state index in [-0.39, 0.29) is 11.2 Å². The van der Waals surface area contributed by atoms with Gasteiger partial charge in [0.2, 0.25) is 5.95 Å². The van der Waals surface area contributed by atoms with Gasteiger partial charge in [0.25, 0.3) is 0 Å². The third kappa shape index (κ3) is 6.76. The van der Waals surface area contributed by atoms with Gasteiger partial charge in [-0.3, -0.25) is 9.69 Å². The lowest BCUT2D eigenvalue weighted by Gasteiger charge is -2.35. The highest BCUT2D eigenvalue weighted by Gasteiger charge is 2.21. The Morgan fingerprint density at radius 2 is 1.81 bits per heavy atom. The average Bonchev–Trinajstić information content (AvgIpc) is 2.73. The van der Waals surface area contributed by atoms with Crippen molar-refractivity contribution in [3.05, 3.63) is 47.8 Å². The SMILES string of the molecule is CC(=O)CN1CCN(c2ccc(CN(CC(C)(C)C)c3nccc(C#N)n3)cc2)CC1. The predicted octanol–water partition coefficient (Wildman–Crippen LogP) is 3.11. The Kier molecular flexibility index (Phi) is 7.24. The molecular weight excluding hydrogens is 388 g/mol. The fourth-order valence-corrected chi connectivity index (χ4v) is 3.84. The summed E-state index contributed by atoms with van der Waals surface area (Å²) in [7, 11) is 0. The molecule has 1 fully saturated rings. The normalized spacial score (nSPS) is 14.9. The van der Waals surface area contributed by atoms with E-state index in [0.717, 1.165) is 32.7 Å². The van der Waals surface area contributed by atoms with E-state index in [4.69, 9.17) is 0 Å². The summed E-state index contributed by atoms with van der Waals surface area (Å²) in [6.07, 6.45) is 1.64. The molecule has 0 bridgehead atoms. The lowest BCUT2D eigenvalue weighted by atomic mass is 9.96. The Hall–Kier alpha value is -2.98. The molecule has 7 nitrogen and oxygen atoms in total. The summed E-state index contributed by atoms with van der Waals surface area (Å²) in [6, 6.07) is 12.4. The molecule has 2 aromatic rings. The fraction of sp³-hybridized carbons (Fsp3) is 0.500. The van der Waals surface area contributed by atoms with Crippen LogP contribution in [0.5, 0.6) is 0 Å². The van der Waals surface area contributed by atoms with Crippen molar-refractivity contribution in [3.63, 3.8) is 0 Å². The van der Waals surface area contributed by atoms with Crippen molar-refractivity contribution in [2.45, 2.75) is 34.2 Å². The molecule has 0 N–H and O–H groups in total. The molecule has 0 radical (unpaired) electrons. The van der Waals surface area contributed by atoms with Gasteiger partial charge in [-0.05, 0) is 36.1 Å². The van der Waals surface area contributed by atoms with E-state index in [0.29, 0.717) is 24.7 Å². The number of aromatic nitrogens is 2. The maximum Gasteiger partial charge on any atom is 0.226 e. The van der Waals surface area contributed by atoms with E-state index in [1.165, 1.54) is 11.3 Å². The first kappa shape index (κ1) is 22.7. The minimum Gasteiger partial charge on any atom is -0.369 e. The number of rotatable bonds is 7. The van der Waals surface area contributed by atoms with Crippen molar-refractivity contribution >= 4 is 17.4 Å². The van der Waals surface area contributed by atoms with E-state index in [1.807, 2.05) is 0 Å². The number of carbonyl (C=O) groups excluding carboxylic acids is 1. The highest BCUT2D eigenvalue weighted by atomic mass is 16.1. The van der Waals surface area contributed by atoms with Crippen molar-refractivity contribution in [2.24, 2.45) is 5.41 Å². The van der Waals surface area contributed by atoms with Crippen LogP contribution in [0, 0.1) is 16.7 Å². The number of nitrogens with zero attached hydrogens (tertiary/aromatic N) is 6. The molecule has 1 saturated heterocycles. The summed E-state index contributed by atoms with van der Waals surface area (Å²) in [6.45, 7) is 13.9. The van der Waals surface area contributed by atoms with Crippen molar-refractivity contribution in [1.29, 1.82) is 5.26 Å². The van der Waals surface area contributed by atoms with Crippen molar-refractivity contribution < 1.29 is 4.79 Å². The first-order chi connectivity index (χ1) is 14.7. The van der Waals surface area contributed by atoms with E-state index in [2.05, 4.69) is 75.8 Å². The summed E-state index contributed by atoms with van der Waals surface area (Å²) in [4.78, 5) is 26.9. The van der Waals surface area contributed by atoms with E-state index in [9.17, 15) is 10.1 Å². The summed E-state index contributed by atoms with van der Waals surface area (Å²) in [5, 5.41) is 9.20. The molecular formula is C24H32N6O. The molecule has 0 aliphatic carbocycles. The van der Waals surface area contributed by atoms with E-state index in [1.54, 1.807) is 19.2 Å². The molecule has 1 aliphatic heterocycles. The number of piperazine rings is 1. The zero-order valence-electron chi connectivity index (χ0n) is 19.0. The maximum absolute atomic E-state index is 11.3. The molecule has 0 amide bonds. The number of hydrogen-bond donors (Lipinski definition) is 0. The molecule has 0 unspecified atom stereocenters. The van der Waals surface area contributed by atoms with Crippen LogP contribution in [0.3, 0.4) is 0 Å². The maximum atomic E-state index is 11.3. The molecule has 7 heteroatoms. The van der Waals surface area contributed by atoms with Crippen LogP contribution in [0.25, 0.3) is 0 Å². The number of carbonyl (C=O) groups is 1. The first-order valence-corrected chi connectivity index (χ1v) is 10.8. The van der Waals surface area contributed by atoms with Crippen molar-refractivity contribution in [2.75, 3.05) is 49.1 Å². The first-order valence-electron chi connectivity index (χ1n) is 10.8. The largest absolute Gasteiger partial charge is 0.369 e. The lowest BCUT2D eigenvalue weighted by Crippen LogP contribution is -2.47. The van der Waals surface area contributed by atoms with Gasteiger partial charge in [-0.2, -0.15) is 5.26 Å². The third-order valence-electron chi connectivity index (χ3n) is 5.20. The molecule has 3 rings (SSSR count). The van der Waals surface area contributed by atoms with Crippen LogP contribution in [0.15, 0.2) is 36.5 Å². The second-order valence-corrected chi connectivity index (χ2v) is 9.40. The molecule has 0 atom stereocenters. The minimum absolute atomic E-state index is 0.0610. The minimum atomic E-state index is 0.0610. The van der Waals surface area contributed by atoms with E-state index >= 15 is 0 Å². The van der Waals surface area contributed by atoms with Gasteiger partial charge in [0.1, 0.15) is 17.5 Å². The number of ketones is 1. The van der Waals surface area contributed by atoms with Crippen LogP contribution >= 0.6 is 0 Å². The highest BCUT2D eigenvalue weighted by Crippen LogP contribution is 2.23. The smallest absolute Gasteiger partial charge is 0.226 e. The van der Waals surface area contributed by atoms with E-state index < -0.39 is 0 Å². The Bertz CT molecular complexity index is 920. The van der Waals surface area contributed by atoms with Gasteiger partial charge in [-0.25, -0.2) is 9.97 Å². The topological polar surface area (TPSA) is 76.4 Å². The fourth-order valence-electron chi connectivity index (χ4n) is 3.84. The summed E-state index contributed by atoms with van der Waals surface area (Å²) < 4.78 is 0. The second-order valence-electron chi connectivity index (χ2n) is 9.40. The van der Waals surface area contributed by atoms with Gasteiger partial charge < -0.3 is 9.80 Å². The Balaban J connectivity index is 1.68. The molecule has 0 saturated carbocycles. The monoisotopic (exact) mass is 420 g/mol. The second kappa shape index (κ2) is 9.88. The quantitative estimate of drug-likeness (QED) is 0.681. The molecule has 0 spiro atoms. The van der Waals surface area contributed by atoms with Gasteiger partial charge in [-0.15, -0.1) is 0 Å². The van der Waals surface area contributed by atoms with Crippen molar-refractivity contribution in [1.82, 2.24) is 14.9 Å². The third-order valence-corrected chi connectivity index (χ3v) is 5.20. The zero-order chi connectivity index (χ0) is 22.4. The molecule has 1 aromatic heterocycles. The summed E-state index contributed by atoms with van der Waals surface area (Å²) in [5.74, 6) is 0.807. The van der Waals surface area contributed by atoms with Gasteiger partial charge in [0.05, 0.1) is 6.54 Å². The average molecular weight is 421 g/mol. The van der Waals surface area contributed by atoms with Gasteiger partial charge in [0.15, 0.2) is 0 Å². The number of anilines is 2. The Morgan fingerprint density at radius 1 is 1.13 bits per heavy atom.